The highest BCUT2D eigenvalue weighted by Crippen LogP contribution is 2.39. The number of nitrogens with zero attached hydrogens (tertiary/aromatic N) is 2. The van der Waals surface area contributed by atoms with Crippen molar-refractivity contribution in [1.29, 1.82) is 0 Å². The minimum Gasteiger partial charge on any atom is -0.311 e. The molecule has 0 spiro atoms. The minimum absolute atomic E-state index is 0.0840. The number of para-hydroxylation sites is 2. The van der Waals surface area contributed by atoms with Gasteiger partial charge in [-0.05, 0) is 106 Å². The minimum atomic E-state index is 0.0840. The SMILES string of the molecule is CC(C)(C)c1ccc2c(c1)c1cc(C(C)(C)C)ccc1n2-c1ccc(-c2ccc(N(c3ccccc3)c3ccccc3)cc2)cc1. The second kappa shape index (κ2) is 11.4. The molecule has 0 fully saturated rings. The second-order valence-electron chi connectivity index (χ2n) is 14.4. The number of aromatic nitrogens is 1. The van der Waals surface area contributed by atoms with Gasteiger partial charge >= 0.3 is 0 Å². The number of benzene rings is 6. The third kappa shape index (κ3) is 5.49. The van der Waals surface area contributed by atoms with Gasteiger partial charge in [0.15, 0.2) is 0 Å². The van der Waals surface area contributed by atoms with E-state index in [2.05, 4.69) is 197 Å². The van der Waals surface area contributed by atoms with E-state index >= 15 is 0 Å². The highest BCUT2D eigenvalue weighted by molar-refractivity contribution is 6.10. The molecule has 0 atom stereocenters. The summed E-state index contributed by atoms with van der Waals surface area (Å²) >= 11 is 0. The molecular formula is C44H42N2. The van der Waals surface area contributed by atoms with Crippen LogP contribution in [0.15, 0.2) is 146 Å². The lowest BCUT2D eigenvalue weighted by atomic mass is 9.85. The Kier molecular flexibility index (Phi) is 7.32. The van der Waals surface area contributed by atoms with Crippen LogP contribution in [0, 0.1) is 0 Å². The Labute approximate surface area is 273 Å². The Bertz CT molecular complexity index is 2010. The van der Waals surface area contributed by atoms with Crippen molar-refractivity contribution in [3.63, 3.8) is 0 Å². The predicted molar refractivity (Wildman–Crippen MR) is 198 cm³/mol. The Morgan fingerprint density at radius 2 is 0.804 bits per heavy atom. The molecule has 7 aromatic rings. The van der Waals surface area contributed by atoms with E-state index in [1.54, 1.807) is 0 Å². The van der Waals surface area contributed by atoms with E-state index in [1.807, 2.05) is 0 Å². The van der Waals surface area contributed by atoms with Gasteiger partial charge in [-0.1, -0.05) is 114 Å². The van der Waals surface area contributed by atoms with Crippen LogP contribution in [0.3, 0.4) is 0 Å². The molecule has 0 unspecified atom stereocenters. The third-order valence-corrected chi connectivity index (χ3v) is 9.11. The van der Waals surface area contributed by atoms with Crippen molar-refractivity contribution in [3.8, 4) is 16.8 Å². The molecule has 0 saturated carbocycles. The highest BCUT2D eigenvalue weighted by atomic mass is 15.1. The van der Waals surface area contributed by atoms with Gasteiger partial charge in [-0.25, -0.2) is 0 Å². The molecule has 1 heterocycles. The molecule has 0 radical (unpaired) electrons. The average molecular weight is 599 g/mol. The van der Waals surface area contributed by atoms with Gasteiger partial charge in [0.25, 0.3) is 0 Å². The monoisotopic (exact) mass is 598 g/mol. The van der Waals surface area contributed by atoms with Gasteiger partial charge in [-0.3, -0.25) is 0 Å². The maximum Gasteiger partial charge on any atom is 0.0541 e. The number of rotatable bonds is 5. The molecular weight excluding hydrogens is 556 g/mol. The summed E-state index contributed by atoms with van der Waals surface area (Å²) in [5.74, 6) is 0. The summed E-state index contributed by atoms with van der Waals surface area (Å²) in [4.78, 5) is 2.30. The summed E-state index contributed by atoms with van der Waals surface area (Å²) in [6.07, 6.45) is 0. The van der Waals surface area contributed by atoms with E-state index in [4.69, 9.17) is 0 Å². The van der Waals surface area contributed by atoms with E-state index in [0.717, 1.165) is 17.1 Å². The summed E-state index contributed by atoms with van der Waals surface area (Å²) in [5.41, 5.74) is 12.4. The van der Waals surface area contributed by atoms with Crippen molar-refractivity contribution < 1.29 is 0 Å². The third-order valence-electron chi connectivity index (χ3n) is 9.11. The Hall–Kier alpha value is -5.08. The smallest absolute Gasteiger partial charge is 0.0541 e. The molecule has 228 valence electrons. The van der Waals surface area contributed by atoms with Gasteiger partial charge < -0.3 is 9.47 Å². The topological polar surface area (TPSA) is 8.17 Å². The second-order valence-corrected chi connectivity index (χ2v) is 14.4. The zero-order chi connectivity index (χ0) is 32.1. The molecule has 2 heteroatoms. The van der Waals surface area contributed by atoms with Gasteiger partial charge in [0.1, 0.15) is 0 Å². The number of hydrogen-bond donors (Lipinski definition) is 0. The van der Waals surface area contributed by atoms with Crippen molar-refractivity contribution in [2.45, 2.75) is 52.4 Å². The summed E-state index contributed by atoms with van der Waals surface area (Å²) < 4.78 is 2.42. The fourth-order valence-corrected chi connectivity index (χ4v) is 6.44. The molecule has 46 heavy (non-hydrogen) atoms. The molecule has 0 saturated heterocycles. The molecule has 7 rings (SSSR count). The Balaban J connectivity index is 1.27. The zero-order valence-electron chi connectivity index (χ0n) is 27.8. The van der Waals surface area contributed by atoms with Gasteiger partial charge in [-0.2, -0.15) is 0 Å². The molecule has 1 aromatic heterocycles. The summed E-state index contributed by atoms with van der Waals surface area (Å²) in [6, 6.07) is 53.0. The molecule has 0 aliphatic carbocycles. The van der Waals surface area contributed by atoms with E-state index in [-0.39, 0.29) is 10.8 Å². The Morgan fingerprint density at radius 3 is 1.22 bits per heavy atom. The lowest BCUT2D eigenvalue weighted by Crippen LogP contribution is -2.10. The van der Waals surface area contributed by atoms with Crippen LogP contribution in [-0.4, -0.2) is 4.57 Å². The lowest BCUT2D eigenvalue weighted by molar-refractivity contribution is 0.590. The van der Waals surface area contributed by atoms with Crippen LogP contribution in [-0.2, 0) is 10.8 Å². The number of anilines is 3. The highest BCUT2D eigenvalue weighted by Gasteiger charge is 2.21. The predicted octanol–water partition coefficient (Wildman–Crippen LogP) is 12.5. The maximum absolute atomic E-state index is 2.42. The van der Waals surface area contributed by atoms with Crippen molar-refractivity contribution in [2.24, 2.45) is 0 Å². The molecule has 0 amide bonds. The summed E-state index contributed by atoms with van der Waals surface area (Å²) in [7, 11) is 0. The van der Waals surface area contributed by atoms with Crippen molar-refractivity contribution in [1.82, 2.24) is 4.57 Å². The van der Waals surface area contributed by atoms with Crippen LogP contribution in [0.5, 0.6) is 0 Å². The first-order valence-electron chi connectivity index (χ1n) is 16.3. The quantitative estimate of drug-likeness (QED) is 0.191. The molecule has 0 N–H and O–H groups in total. The standard InChI is InChI=1S/C44H42N2/c1-43(2,3)33-21-27-41-39(29-33)40-30-34(44(4,5)6)22-28-42(40)46(41)38-25-19-32(20-26-38)31-17-23-37(24-18-31)45(35-13-9-7-10-14-35)36-15-11-8-12-16-36/h7-30H,1-6H3. The van der Waals surface area contributed by atoms with Crippen LogP contribution < -0.4 is 4.90 Å². The normalized spacial score (nSPS) is 12.1. The largest absolute Gasteiger partial charge is 0.311 e. The van der Waals surface area contributed by atoms with E-state index < -0.39 is 0 Å². The van der Waals surface area contributed by atoms with Crippen molar-refractivity contribution in [3.05, 3.63) is 157 Å². The van der Waals surface area contributed by atoms with Crippen LogP contribution >= 0.6 is 0 Å². The number of hydrogen-bond acceptors (Lipinski definition) is 1. The lowest BCUT2D eigenvalue weighted by Gasteiger charge is -2.25. The van der Waals surface area contributed by atoms with Crippen LogP contribution in [0.2, 0.25) is 0 Å². The van der Waals surface area contributed by atoms with E-state index in [0.29, 0.717) is 0 Å². The zero-order valence-corrected chi connectivity index (χ0v) is 27.8. The van der Waals surface area contributed by atoms with Gasteiger partial charge in [0.2, 0.25) is 0 Å². The fraction of sp³-hybridized carbons (Fsp3) is 0.182. The van der Waals surface area contributed by atoms with Gasteiger partial charge in [-0.15, -0.1) is 0 Å². The van der Waals surface area contributed by atoms with E-state index in [1.165, 1.54) is 49.7 Å². The Morgan fingerprint density at radius 1 is 0.413 bits per heavy atom. The maximum atomic E-state index is 2.42. The first-order valence-corrected chi connectivity index (χ1v) is 16.3. The van der Waals surface area contributed by atoms with Crippen molar-refractivity contribution in [2.75, 3.05) is 4.90 Å². The summed E-state index contributed by atoms with van der Waals surface area (Å²) in [5, 5.41) is 2.63. The van der Waals surface area contributed by atoms with Crippen LogP contribution in [0.25, 0.3) is 38.6 Å². The molecule has 0 bridgehead atoms. The first-order chi connectivity index (χ1) is 22.1. The number of fused-ring (bicyclic) bond motifs is 3. The van der Waals surface area contributed by atoms with E-state index in [9.17, 15) is 0 Å². The van der Waals surface area contributed by atoms with Crippen LogP contribution in [0.4, 0.5) is 17.1 Å². The molecule has 0 aliphatic heterocycles. The summed E-state index contributed by atoms with van der Waals surface area (Å²) in [6.45, 7) is 13.8. The average Bonchev–Trinajstić information content (AvgIpc) is 3.39. The molecule has 0 aliphatic rings. The van der Waals surface area contributed by atoms with Crippen molar-refractivity contribution >= 4 is 38.9 Å². The molecule has 6 aromatic carbocycles. The fourth-order valence-electron chi connectivity index (χ4n) is 6.44. The van der Waals surface area contributed by atoms with Crippen LogP contribution in [0.1, 0.15) is 52.7 Å². The first kappa shape index (κ1) is 29.6. The van der Waals surface area contributed by atoms with Gasteiger partial charge in [0.05, 0.1) is 11.0 Å². The van der Waals surface area contributed by atoms with Gasteiger partial charge in [0, 0.05) is 33.5 Å². The molecule has 2 nitrogen and oxygen atoms in total.